The monoisotopic (exact) mass is 675 g/mol. The molecule has 2 amide bonds. The molecule has 0 spiro atoms. The fourth-order valence-corrected chi connectivity index (χ4v) is 4.85. The summed E-state index contributed by atoms with van der Waals surface area (Å²) in [4.78, 5) is 32.9. The van der Waals surface area contributed by atoms with E-state index in [1.54, 1.807) is 0 Å². The van der Waals surface area contributed by atoms with Gasteiger partial charge in [-0.1, -0.05) is 12.1 Å². The van der Waals surface area contributed by atoms with Crippen molar-refractivity contribution in [2.45, 2.75) is 49.9 Å². The Labute approximate surface area is 263 Å². The molecule has 0 bridgehead atoms. The highest BCUT2D eigenvalue weighted by Gasteiger charge is 2.34. The van der Waals surface area contributed by atoms with Crippen LogP contribution in [0.5, 0.6) is 0 Å². The number of alkyl halides is 6. The number of hydrogen-bond donors (Lipinski definition) is 2. The van der Waals surface area contributed by atoms with Crippen molar-refractivity contribution >= 4 is 17.7 Å². The third-order valence-electron chi connectivity index (χ3n) is 7.17. The Bertz CT molecular complexity index is 1530. The number of hydrogen-bond acceptors (Lipinski definition) is 7. The van der Waals surface area contributed by atoms with Gasteiger partial charge in [0.15, 0.2) is 6.23 Å². The summed E-state index contributed by atoms with van der Waals surface area (Å²) in [6.07, 6.45) is -8.22. The van der Waals surface area contributed by atoms with Crippen molar-refractivity contribution in [3.63, 3.8) is 0 Å². The van der Waals surface area contributed by atoms with Gasteiger partial charge in [-0.3, -0.25) is 20.1 Å². The van der Waals surface area contributed by atoms with Gasteiger partial charge in [-0.15, -0.1) is 0 Å². The predicted octanol–water partition coefficient (Wildman–Crippen LogP) is 5.81. The van der Waals surface area contributed by atoms with E-state index in [0.717, 1.165) is 31.4 Å². The maximum atomic E-state index is 14.9. The van der Waals surface area contributed by atoms with Crippen LogP contribution in [-0.2, 0) is 26.9 Å². The van der Waals surface area contributed by atoms with Crippen LogP contribution in [0, 0.1) is 11.6 Å². The summed E-state index contributed by atoms with van der Waals surface area (Å²) in [5, 5.41) is 5.40. The van der Waals surface area contributed by atoms with E-state index in [4.69, 9.17) is 9.47 Å². The number of pyridine rings is 2. The van der Waals surface area contributed by atoms with Crippen LogP contribution in [0.15, 0.2) is 55.1 Å². The van der Waals surface area contributed by atoms with Gasteiger partial charge in [0, 0.05) is 43.9 Å². The number of aromatic nitrogens is 2. The average molecular weight is 676 g/mol. The third kappa shape index (κ3) is 10.3. The number of anilines is 1. The van der Waals surface area contributed by atoms with Gasteiger partial charge < -0.3 is 19.7 Å². The Morgan fingerprint density at radius 2 is 1.74 bits per heavy atom. The fourth-order valence-electron chi connectivity index (χ4n) is 4.85. The molecule has 1 fully saturated rings. The molecule has 3 aromatic rings. The number of ether oxygens (including phenoxy) is 2. The third-order valence-corrected chi connectivity index (χ3v) is 7.17. The minimum Gasteiger partial charge on any atom is -0.428 e. The number of morpholine rings is 1. The van der Waals surface area contributed by atoms with Crippen LogP contribution in [0.1, 0.15) is 41.0 Å². The SMILES string of the molecule is CN(CC(F)(F)F)C(=O)O[C@H]1CO[C@H](CCc2c(F)cncc2NC(=O)C[C@@H](c2ccc(F)cc2)c2cncc(C(F)(F)F)c2)CN1. The fraction of sp³-hybridized carbons (Fsp3) is 0.400. The second-order valence-electron chi connectivity index (χ2n) is 10.8. The number of nitrogens with one attached hydrogen (secondary N) is 2. The van der Waals surface area contributed by atoms with E-state index in [2.05, 4.69) is 20.6 Å². The van der Waals surface area contributed by atoms with Crippen LogP contribution in [0.25, 0.3) is 0 Å². The number of halogens is 8. The molecule has 4 rings (SSSR count). The van der Waals surface area contributed by atoms with Crippen molar-refractivity contribution in [1.29, 1.82) is 0 Å². The van der Waals surface area contributed by atoms with Crippen LogP contribution in [0.2, 0.25) is 0 Å². The second-order valence-corrected chi connectivity index (χ2v) is 10.8. The van der Waals surface area contributed by atoms with Gasteiger partial charge in [-0.25, -0.2) is 13.6 Å². The molecule has 1 saturated heterocycles. The minimum absolute atomic E-state index is 0.0123. The van der Waals surface area contributed by atoms with Gasteiger partial charge >= 0.3 is 18.4 Å². The quantitative estimate of drug-likeness (QED) is 0.262. The molecule has 3 heterocycles. The van der Waals surface area contributed by atoms with E-state index in [9.17, 15) is 44.7 Å². The lowest BCUT2D eigenvalue weighted by Crippen LogP contribution is -2.50. The summed E-state index contributed by atoms with van der Waals surface area (Å²) in [5.74, 6) is -2.99. The highest BCUT2D eigenvalue weighted by Crippen LogP contribution is 2.34. The normalized spacial score (nSPS) is 17.6. The topological polar surface area (TPSA) is 106 Å². The molecule has 0 saturated carbocycles. The van der Waals surface area contributed by atoms with Crippen LogP contribution in [-0.4, -0.2) is 72.1 Å². The largest absolute Gasteiger partial charge is 0.428 e. The Hall–Kier alpha value is -4.38. The molecule has 0 unspecified atom stereocenters. The molecule has 3 atom stereocenters. The molecule has 17 heteroatoms. The Morgan fingerprint density at radius 3 is 2.38 bits per heavy atom. The van der Waals surface area contributed by atoms with Crippen LogP contribution in [0.4, 0.5) is 45.6 Å². The zero-order chi connectivity index (χ0) is 34.4. The number of rotatable bonds is 10. The molecule has 1 aliphatic rings. The molecule has 0 radical (unpaired) electrons. The van der Waals surface area contributed by atoms with E-state index in [1.807, 2.05) is 0 Å². The van der Waals surface area contributed by atoms with Crippen molar-refractivity contribution in [1.82, 2.24) is 20.2 Å². The minimum atomic E-state index is -4.70. The van der Waals surface area contributed by atoms with Crippen molar-refractivity contribution in [2.75, 3.05) is 32.1 Å². The van der Waals surface area contributed by atoms with Gasteiger partial charge in [0.05, 0.1) is 36.4 Å². The standard InChI is InChI=1S/C30H29F8N5O4/c1-43(16-29(33,34)35)28(45)47-27-15-46-21(12-41-27)6-7-22-24(32)13-40-14-25(22)42-26(44)9-23(17-2-4-20(31)5-3-17)18-8-19(11-39-10-18)30(36,37)38/h2-5,8,10-11,13-14,21,23,27,41H,6-7,9,12,15-16H2,1H3,(H,42,44)/t21-,23+,27+/m1/s1. The van der Waals surface area contributed by atoms with E-state index in [-0.39, 0.29) is 42.8 Å². The van der Waals surface area contributed by atoms with Crippen molar-refractivity contribution < 1.29 is 54.2 Å². The number of carbonyl (C=O) groups is 2. The lowest BCUT2D eigenvalue weighted by molar-refractivity contribution is -0.143. The molecular weight excluding hydrogens is 646 g/mol. The second kappa shape index (κ2) is 15.0. The van der Waals surface area contributed by atoms with Crippen LogP contribution < -0.4 is 10.6 Å². The number of amides is 2. The smallest absolute Gasteiger partial charge is 0.417 e. The van der Waals surface area contributed by atoms with Crippen molar-refractivity contribution in [3.05, 3.63) is 89.0 Å². The summed E-state index contributed by atoms with van der Waals surface area (Å²) < 4.78 is 117. The van der Waals surface area contributed by atoms with Gasteiger partial charge in [0.1, 0.15) is 18.2 Å². The first-order valence-electron chi connectivity index (χ1n) is 14.1. The summed E-state index contributed by atoms with van der Waals surface area (Å²) >= 11 is 0. The molecule has 9 nitrogen and oxygen atoms in total. The maximum absolute atomic E-state index is 14.9. The number of nitrogens with zero attached hydrogens (tertiary/aromatic N) is 3. The van der Waals surface area contributed by atoms with E-state index >= 15 is 0 Å². The Morgan fingerprint density at radius 1 is 1.04 bits per heavy atom. The van der Waals surface area contributed by atoms with Crippen molar-refractivity contribution in [3.8, 4) is 0 Å². The maximum Gasteiger partial charge on any atom is 0.417 e. The van der Waals surface area contributed by atoms with Gasteiger partial charge in [-0.2, -0.15) is 26.3 Å². The van der Waals surface area contributed by atoms with Crippen LogP contribution >= 0.6 is 0 Å². The molecule has 2 aromatic heterocycles. The predicted molar refractivity (Wildman–Crippen MR) is 150 cm³/mol. The molecule has 1 aliphatic heterocycles. The lowest BCUT2D eigenvalue weighted by Gasteiger charge is -2.31. The van der Waals surface area contributed by atoms with Gasteiger partial charge in [-0.05, 0) is 42.2 Å². The molecule has 254 valence electrons. The summed E-state index contributed by atoms with van der Waals surface area (Å²) in [5.41, 5.74) is -0.552. The van der Waals surface area contributed by atoms with E-state index in [1.165, 1.54) is 24.5 Å². The van der Waals surface area contributed by atoms with Gasteiger partial charge in [0.25, 0.3) is 0 Å². The highest BCUT2D eigenvalue weighted by molar-refractivity contribution is 5.92. The summed E-state index contributed by atoms with van der Waals surface area (Å²) in [6, 6.07) is 5.75. The first-order valence-corrected chi connectivity index (χ1v) is 14.1. The zero-order valence-corrected chi connectivity index (χ0v) is 24.7. The molecule has 47 heavy (non-hydrogen) atoms. The summed E-state index contributed by atoms with van der Waals surface area (Å²) in [6.45, 7) is -1.57. The molecule has 2 N–H and O–H groups in total. The summed E-state index contributed by atoms with van der Waals surface area (Å²) in [7, 11) is 0.938. The van der Waals surface area contributed by atoms with Gasteiger partial charge in [0.2, 0.25) is 5.91 Å². The lowest BCUT2D eigenvalue weighted by atomic mass is 9.88. The van der Waals surface area contributed by atoms with Crippen molar-refractivity contribution in [2.24, 2.45) is 0 Å². The van der Waals surface area contributed by atoms with Crippen LogP contribution in [0.3, 0.4) is 0 Å². The first-order chi connectivity index (χ1) is 22.1. The average Bonchev–Trinajstić information content (AvgIpc) is 2.99. The van der Waals surface area contributed by atoms with E-state index in [0.29, 0.717) is 16.7 Å². The Balaban J connectivity index is 1.39. The molecule has 0 aliphatic carbocycles. The number of carbonyl (C=O) groups excluding carboxylic acids is 2. The molecule has 1 aromatic carbocycles. The Kier molecular flexibility index (Phi) is 11.3. The first kappa shape index (κ1) is 35.5. The molecular formula is C30H29F8N5O4. The zero-order valence-electron chi connectivity index (χ0n) is 24.7. The van der Waals surface area contributed by atoms with E-state index < -0.39 is 72.8 Å². The number of benzene rings is 1. The highest BCUT2D eigenvalue weighted by atomic mass is 19.4.